The van der Waals surface area contributed by atoms with Gasteiger partial charge >= 0.3 is 0 Å². The smallest absolute Gasteiger partial charge is 0.126 e. The van der Waals surface area contributed by atoms with Gasteiger partial charge in [-0.3, -0.25) is 0 Å². The molecule has 1 aliphatic heterocycles. The molecule has 0 aliphatic carbocycles. The molecule has 0 saturated carbocycles. The van der Waals surface area contributed by atoms with Crippen molar-refractivity contribution in [2.24, 2.45) is 5.73 Å². The molecule has 106 valence electrons. The molecule has 19 heavy (non-hydrogen) atoms. The summed E-state index contributed by atoms with van der Waals surface area (Å²) in [5.41, 5.74) is 6.72. The van der Waals surface area contributed by atoms with Gasteiger partial charge in [0.2, 0.25) is 0 Å². The highest BCUT2D eigenvalue weighted by atomic mass is 19.1. The van der Waals surface area contributed by atoms with Gasteiger partial charge in [0, 0.05) is 24.2 Å². The summed E-state index contributed by atoms with van der Waals surface area (Å²) in [6.07, 6.45) is 3.58. The van der Waals surface area contributed by atoms with E-state index >= 15 is 0 Å². The van der Waals surface area contributed by atoms with Crippen molar-refractivity contribution < 1.29 is 9.13 Å². The van der Waals surface area contributed by atoms with Crippen LogP contribution in [0.4, 0.5) is 4.39 Å². The van der Waals surface area contributed by atoms with Gasteiger partial charge < -0.3 is 15.4 Å². The first kappa shape index (κ1) is 14.3. The van der Waals surface area contributed by atoms with E-state index in [2.05, 4.69) is 4.90 Å². The number of nitrogens with two attached hydrogens (primary N) is 1. The zero-order chi connectivity index (χ0) is 13.7. The van der Waals surface area contributed by atoms with Crippen molar-refractivity contribution in [1.82, 2.24) is 4.90 Å². The summed E-state index contributed by atoms with van der Waals surface area (Å²) in [5.74, 6) is 0.301. The minimum atomic E-state index is -0.279. The number of hydrogen-bond acceptors (Lipinski definition) is 3. The third kappa shape index (κ3) is 4.18. The Bertz CT molecular complexity index is 403. The largest absolute Gasteiger partial charge is 0.493 e. The Morgan fingerprint density at radius 3 is 2.79 bits per heavy atom. The highest BCUT2D eigenvalue weighted by Crippen LogP contribution is 2.25. The molecule has 0 bridgehead atoms. The summed E-state index contributed by atoms with van der Waals surface area (Å²) >= 11 is 0. The first-order valence-electron chi connectivity index (χ1n) is 7.07. The molecule has 1 aromatic carbocycles. The van der Waals surface area contributed by atoms with E-state index in [0.29, 0.717) is 12.4 Å². The van der Waals surface area contributed by atoms with Gasteiger partial charge in [0.15, 0.2) is 0 Å². The Labute approximate surface area is 114 Å². The Kier molecular flexibility index (Phi) is 5.16. The molecule has 0 unspecified atom stereocenters. The second kappa shape index (κ2) is 6.87. The van der Waals surface area contributed by atoms with Crippen LogP contribution < -0.4 is 10.5 Å². The van der Waals surface area contributed by atoms with Crippen LogP contribution in [0.25, 0.3) is 0 Å². The van der Waals surface area contributed by atoms with Gasteiger partial charge in [0.25, 0.3) is 0 Å². The maximum Gasteiger partial charge on any atom is 0.126 e. The van der Waals surface area contributed by atoms with Crippen LogP contribution in [0.5, 0.6) is 5.75 Å². The van der Waals surface area contributed by atoms with Crippen LogP contribution in [0.1, 0.15) is 37.8 Å². The highest BCUT2D eigenvalue weighted by Gasteiger charge is 2.12. The van der Waals surface area contributed by atoms with E-state index in [9.17, 15) is 4.39 Å². The molecule has 0 aromatic heterocycles. The lowest BCUT2D eigenvalue weighted by molar-refractivity contribution is 0.260. The SMILES string of the molecule is C[C@H](N)c1ccc(F)cc1OCCCN1CCCC1. The minimum absolute atomic E-state index is 0.144. The zero-order valence-corrected chi connectivity index (χ0v) is 11.6. The molecular formula is C15H23FN2O. The fourth-order valence-electron chi connectivity index (χ4n) is 2.49. The minimum Gasteiger partial charge on any atom is -0.493 e. The maximum atomic E-state index is 13.2. The predicted octanol–water partition coefficient (Wildman–Crippen LogP) is 2.71. The van der Waals surface area contributed by atoms with Crippen LogP contribution in [0, 0.1) is 5.82 Å². The summed E-state index contributed by atoms with van der Waals surface area (Å²) < 4.78 is 18.9. The molecule has 1 heterocycles. The first-order valence-corrected chi connectivity index (χ1v) is 7.07. The van der Waals surface area contributed by atoms with Crippen LogP contribution in [-0.4, -0.2) is 31.1 Å². The molecule has 0 radical (unpaired) electrons. The molecule has 2 N–H and O–H groups in total. The highest BCUT2D eigenvalue weighted by molar-refractivity contribution is 5.36. The van der Waals surface area contributed by atoms with Crippen molar-refractivity contribution in [2.75, 3.05) is 26.2 Å². The van der Waals surface area contributed by atoms with Crippen LogP contribution >= 0.6 is 0 Å². The first-order chi connectivity index (χ1) is 9.16. The lowest BCUT2D eigenvalue weighted by Crippen LogP contribution is -2.22. The monoisotopic (exact) mass is 266 g/mol. The van der Waals surface area contributed by atoms with E-state index in [-0.39, 0.29) is 11.9 Å². The van der Waals surface area contributed by atoms with Crippen LogP contribution in [-0.2, 0) is 0 Å². The van der Waals surface area contributed by atoms with Gasteiger partial charge in [0.05, 0.1) is 6.61 Å². The normalized spacial score (nSPS) is 17.6. The second-order valence-electron chi connectivity index (χ2n) is 5.22. The van der Waals surface area contributed by atoms with E-state index in [4.69, 9.17) is 10.5 Å². The van der Waals surface area contributed by atoms with Crippen LogP contribution in [0.3, 0.4) is 0 Å². The summed E-state index contributed by atoms with van der Waals surface area (Å²) in [4.78, 5) is 2.45. The van der Waals surface area contributed by atoms with Gasteiger partial charge in [-0.25, -0.2) is 4.39 Å². The van der Waals surface area contributed by atoms with Crippen molar-refractivity contribution in [2.45, 2.75) is 32.2 Å². The van der Waals surface area contributed by atoms with E-state index in [1.165, 1.54) is 38.1 Å². The molecule has 1 fully saturated rings. The van der Waals surface area contributed by atoms with Crippen molar-refractivity contribution >= 4 is 0 Å². The van der Waals surface area contributed by atoms with Crippen molar-refractivity contribution in [3.05, 3.63) is 29.6 Å². The fourth-order valence-corrected chi connectivity index (χ4v) is 2.49. The third-order valence-electron chi connectivity index (χ3n) is 3.54. The van der Waals surface area contributed by atoms with Gasteiger partial charge in [-0.2, -0.15) is 0 Å². The molecule has 0 amide bonds. The second-order valence-corrected chi connectivity index (χ2v) is 5.22. The summed E-state index contributed by atoms with van der Waals surface area (Å²) in [6.45, 7) is 5.95. The summed E-state index contributed by atoms with van der Waals surface area (Å²) in [6, 6.07) is 4.41. The molecule has 1 saturated heterocycles. The Balaban J connectivity index is 1.82. The average Bonchev–Trinajstić information content (AvgIpc) is 2.87. The molecule has 4 heteroatoms. The predicted molar refractivity (Wildman–Crippen MR) is 74.8 cm³/mol. The Morgan fingerprint density at radius 2 is 2.11 bits per heavy atom. The topological polar surface area (TPSA) is 38.5 Å². The number of nitrogens with zero attached hydrogens (tertiary/aromatic N) is 1. The summed E-state index contributed by atoms with van der Waals surface area (Å²) in [7, 11) is 0. The van der Waals surface area contributed by atoms with Gasteiger partial charge in [-0.05, 0) is 45.3 Å². The molecule has 0 spiro atoms. The van der Waals surface area contributed by atoms with Gasteiger partial charge in [-0.1, -0.05) is 6.07 Å². The Hall–Kier alpha value is -1.13. The van der Waals surface area contributed by atoms with E-state index in [1.54, 1.807) is 6.07 Å². The standard InChI is InChI=1S/C15H23FN2O/c1-12(17)14-6-5-13(16)11-15(14)19-10-4-9-18-7-2-3-8-18/h5-6,11-12H,2-4,7-10,17H2,1H3/t12-/m0/s1. The third-order valence-corrected chi connectivity index (χ3v) is 3.54. The molecule has 1 aromatic rings. The Morgan fingerprint density at radius 1 is 1.37 bits per heavy atom. The zero-order valence-electron chi connectivity index (χ0n) is 11.6. The van der Waals surface area contributed by atoms with E-state index in [1.807, 2.05) is 6.92 Å². The quantitative estimate of drug-likeness (QED) is 0.805. The van der Waals surface area contributed by atoms with Gasteiger partial charge in [0.1, 0.15) is 11.6 Å². The van der Waals surface area contributed by atoms with Crippen molar-refractivity contribution in [3.8, 4) is 5.75 Å². The molecule has 1 atom stereocenters. The van der Waals surface area contributed by atoms with Crippen molar-refractivity contribution in [3.63, 3.8) is 0 Å². The summed E-state index contributed by atoms with van der Waals surface area (Å²) in [5, 5.41) is 0. The van der Waals surface area contributed by atoms with Crippen molar-refractivity contribution in [1.29, 1.82) is 0 Å². The lowest BCUT2D eigenvalue weighted by Gasteiger charge is -2.16. The average molecular weight is 266 g/mol. The maximum absolute atomic E-state index is 13.2. The van der Waals surface area contributed by atoms with E-state index < -0.39 is 0 Å². The molecular weight excluding hydrogens is 243 g/mol. The molecule has 2 rings (SSSR count). The van der Waals surface area contributed by atoms with Crippen LogP contribution in [0.2, 0.25) is 0 Å². The number of likely N-dealkylation sites (tertiary alicyclic amines) is 1. The number of hydrogen-bond donors (Lipinski definition) is 1. The van der Waals surface area contributed by atoms with E-state index in [0.717, 1.165) is 18.5 Å². The van der Waals surface area contributed by atoms with Crippen LogP contribution in [0.15, 0.2) is 18.2 Å². The fraction of sp³-hybridized carbons (Fsp3) is 0.600. The van der Waals surface area contributed by atoms with Gasteiger partial charge in [-0.15, -0.1) is 0 Å². The number of rotatable bonds is 6. The molecule has 1 aliphatic rings. The lowest BCUT2D eigenvalue weighted by atomic mass is 10.1. The number of benzene rings is 1. The number of ether oxygens (including phenoxy) is 1. The molecule has 3 nitrogen and oxygen atoms in total. The number of halogens is 1.